The van der Waals surface area contributed by atoms with Crippen LogP contribution in [0.3, 0.4) is 0 Å². The lowest BCUT2D eigenvalue weighted by Crippen LogP contribution is -2.39. The van der Waals surface area contributed by atoms with Crippen LogP contribution in [0.25, 0.3) is 0 Å². The fraction of sp³-hybridized carbons (Fsp3) is 0.412. The summed E-state index contributed by atoms with van der Waals surface area (Å²) in [5.41, 5.74) is 1.14. The van der Waals surface area contributed by atoms with Gasteiger partial charge in [-0.3, -0.25) is 0 Å². The summed E-state index contributed by atoms with van der Waals surface area (Å²) in [7, 11) is 0. The van der Waals surface area contributed by atoms with E-state index in [2.05, 4.69) is 29.7 Å². The molecule has 9 heteroatoms. The number of hydrogen-bond acceptors (Lipinski definition) is 7. The van der Waals surface area contributed by atoms with Crippen molar-refractivity contribution in [2.45, 2.75) is 32.4 Å². The van der Waals surface area contributed by atoms with E-state index in [0.717, 1.165) is 47.5 Å². The van der Waals surface area contributed by atoms with Crippen LogP contribution in [0.15, 0.2) is 30.6 Å². The molecule has 1 aliphatic rings. The Balaban J connectivity index is 1.30. The molecule has 0 amide bonds. The highest BCUT2D eigenvalue weighted by atomic mass is 35.5. The molecule has 1 saturated heterocycles. The van der Waals surface area contributed by atoms with Crippen molar-refractivity contribution in [3.05, 3.63) is 47.0 Å². The average Bonchev–Trinajstić information content (AvgIpc) is 3.27. The third-order valence-corrected chi connectivity index (χ3v) is 5.53. The normalized spacial score (nSPS) is 15.4. The molecule has 3 heterocycles. The minimum Gasteiger partial charge on any atom is -0.350 e. The highest BCUT2D eigenvalue weighted by molar-refractivity contribution is 7.09. The van der Waals surface area contributed by atoms with Crippen LogP contribution in [0.1, 0.15) is 24.2 Å². The summed E-state index contributed by atoms with van der Waals surface area (Å²) in [6.45, 7) is 4.55. The Bertz CT molecular complexity index is 852. The maximum atomic E-state index is 5.92. The van der Waals surface area contributed by atoms with Crippen molar-refractivity contribution >= 4 is 34.2 Å². The van der Waals surface area contributed by atoms with Crippen LogP contribution in [0, 0.1) is 6.92 Å². The molecule has 0 saturated carbocycles. The highest BCUT2D eigenvalue weighted by Crippen LogP contribution is 2.22. The zero-order valence-corrected chi connectivity index (χ0v) is 16.0. The van der Waals surface area contributed by atoms with Crippen molar-refractivity contribution in [2.75, 3.05) is 23.3 Å². The van der Waals surface area contributed by atoms with E-state index in [1.165, 1.54) is 11.5 Å². The van der Waals surface area contributed by atoms with E-state index in [0.29, 0.717) is 18.5 Å². The van der Waals surface area contributed by atoms with Crippen LogP contribution in [0.2, 0.25) is 5.02 Å². The summed E-state index contributed by atoms with van der Waals surface area (Å²) in [4.78, 5) is 11.2. The van der Waals surface area contributed by atoms with Gasteiger partial charge in [-0.05, 0) is 37.5 Å². The molecule has 0 atom stereocenters. The molecule has 7 nitrogen and oxygen atoms in total. The highest BCUT2D eigenvalue weighted by Gasteiger charge is 2.22. The van der Waals surface area contributed by atoms with E-state index in [1.807, 2.05) is 35.9 Å². The van der Waals surface area contributed by atoms with E-state index in [-0.39, 0.29) is 0 Å². The third kappa shape index (κ3) is 4.13. The third-order valence-electron chi connectivity index (χ3n) is 4.41. The van der Waals surface area contributed by atoms with Gasteiger partial charge in [0, 0.05) is 35.7 Å². The number of rotatable bonds is 5. The molecular weight excluding hydrogens is 370 g/mol. The number of aryl methyl sites for hydroxylation is 1. The number of anilines is 2. The van der Waals surface area contributed by atoms with Crippen molar-refractivity contribution in [3.8, 4) is 0 Å². The number of nitrogens with zero attached hydrogens (tertiary/aromatic N) is 6. The Morgan fingerprint density at radius 3 is 2.69 bits per heavy atom. The summed E-state index contributed by atoms with van der Waals surface area (Å²) in [5.74, 6) is 1.53. The SMILES string of the molecule is Cc1nsc(N2CCC(Nc3ncn(Cc4ccc(Cl)cc4)n3)CC2)n1. The van der Waals surface area contributed by atoms with Gasteiger partial charge in [-0.1, -0.05) is 23.7 Å². The van der Waals surface area contributed by atoms with Gasteiger partial charge in [0.1, 0.15) is 12.2 Å². The van der Waals surface area contributed by atoms with E-state index in [1.54, 1.807) is 6.33 Å². The number of aromatic nitrogens is 5. The summed E-state index contributed by atoms with van der Waals surface area (Å²) < 4.78 is 6.10. The number of piperidine rings is 1. The molecule has 26 heavy (non-hydrogen) atoms. The van der Waals surface area contributed by atoms with Crippen LogP contribution in [0.4, 0.5) is 11.1 Å². The summed E-state index contributed by atoms with van der Waals surface area (Å²) in [6, 6.07) is 8.16. The molecule has 1 aromatic carbocycles. The van der Waals surface area contributed by atoms with Crippen molar-refractivity contribution in [3.63, 3.8) is 0 Å². The van der Waals surface area contributed by atoms with Crippen LogP contribution < -0.4 is 10.2 Å². The van der Waals surface area contributed by atoms with Crippen molar-refractivity contribution in [2.24, 2.45) is 0 Å². The first kappa shape index (κ1) is 17.2. The first-order valence-electron chi connectivity index (χ1n) is 8.61. The summed E-state index contributed by atoms with van der Waals surface area (Å²) in [5, 5.41) is 9.74. The molecule has 2 aromatic heterocycles. The Morgan fingerprint density at radius 2 is 2.00 bits per heavy atom. The van der Waals surface area contributed by atoms with Gasteiger partial charge >= 0.3 is 0 Å². The lowest BCUT2D eigenvalue weighted by molar-refractivity contribution is 0.522. The Kier molecular flexibility index (Phi) is 5.03. The number of nitrogens with one attached hydrogen (secondary N) is 1. The van der Waals surface area contributed by atoms with Gasteiger partial charge in [0.05, 0.1) is 6.54 Å². The number of halogens is 1. The molecule has 0 radical (unpaired) electrons. The van der Waals surface area contributed by atoms with Gasteiger partial charge in [-0.15, -0.1) is 5.10 Å². The van der Waals surface area contributed by atoms with Crippen LogP contribution in [-0.4, -0.2) is 43.3 Å². The Labute approximate surface area is 161 Å². The molecular formula is C17H20ClN7S. The largest absolute Gasteiger partial charge is 0.350 e. The lowest BCUT2D eigenvalue weighted by Gasteiger charge is -2.31. The summed E-state index contributed by atoms with van der Waals surface area (Å²) >= 11 is 7.40. The Hall–Kier alpha value is -2.19. The fourth-order valence-electron chi connectivity index (χ4n) is 3.03. The summed E-state index contributed by atoms with van der Waals surface area (Å²) in [6.07, 6.45) is 3.82. The molecule has 0 spiro atoms. The molecule has 1 aliphatic heterocycles. The van der Waals surface area contributed by atoms with Gasteiger partial charge in [0.2, 0.25) is 11.1 Å². The zero-order valence-electron chi connectivity index (χ0n) is 14.5. The second-order valence-corrected chi connectivity index (χ2v) is 7.59. The van der Waals surface area contributed by atoms with Crippen molar-refractivity contribution < 1.29 is 0 Å². The molecule has 0 unspecified atom stereocenters. The Morgan fingerprint density at radius 1 is 1.23 bits per heavy atom. The van der Waals surface area contributed by atoms with Crippen molar-refractivity contribution in [1.29, 1.82) is 0 Å². The standard InChI is InChI=1S/C17H20ClN7S/c1-12-20-17(26-23-12)24-8-6-15(7-9-24)21-16-19-11-25(22-16)10-13-2-4-14(18)5-3-13/h2-5,11,15H,6-10H2,1H3,(H,21,22). The first-order chi connectivity index (χ1) is 12.7. The van der Waals surface area contributed by atoms with Gasteiger partial charge in [0.25, 0.3) is 0 Å². The smallest absolute Gasteiger partial charge is 0.242 e. The molecule has 1 fully saturated rings. The predicted molar refractivity (Wildman–Crippen MR) is 104 cm³/mol. The molecule has 0 aliphatic carbocycles. The molecule has 4 rings (SSSR count). The number of benzene rings is 1. The second kappa shape index (κ2) is 7.59. The molecule has 0 bridgehead atoms. The fourth-order valence-corrected chi connectivity index (χ4v) is 3.88. The topological polar surface area (TPSA) is 71.8 Å². The minimum absolute atomic E-state index is 0.381. The minimum atomic E-state index is 0.381. The lowest BCUT2D eigenvalue weighted by atomic mass is 10.1. The van der Waals surface area contributed by atoms with Crippen LogP contribution in [0.5, 0.6) is 0 Å². The zero-order chi connectivity index (χ0) is 17.9. The van der Waals surface area contributed by atoms with Gasteiger partial charge in [-0.2, -0.15) is 4.37 Å². The van der Waals surface area contributed by atoms with Crippen molar-refractivity contribution in [1.82, 2.24) is 24.1 Å². The monoisotopic (exact) mass is 389 g/mol. The van der Waals surface area contributed by atoms with Gasteiger partial charge in [-0.25, -0.2) is 14.6 Å². The van der Waals surface area contributed by atoms with Crippen LogP contribution >= 0.6 is 23.1 Å². The maximum Gasteiger partial charge on any atom is 0.242 e. The second-order valence-electron chi connectivity index (χ2n) is 6.42. The average molecular weight is 390 g/mol. The van der Waals surface area contributed by atoms with E-state index >= 15 is 0 Å². The number of hydrogen-bond donors (Lipinski definition) is 1. The molecule has 1 N–H and O–H groups in total. The molecule has 136 valence electrons. The van der Waals surface area contributed by atoms with Crippen LogP contribution in [-0.2, 0) is 6.54 Å². The predicted octanol–water partition coefficient (Wildman–Crippen LogP) is 3.22. The maximum absolute atomic E-state index is 5.92. The van der Waals surface area contributed by atoms with E-state index < -0.39 is 0 Å². The quantitative estimate of drug-likeness (QED) is 0.722. The van der Waals surface area contributed by atoms with E-state index in [9.17, 15) is 0 Å². The molecule has 3 aromatic rings. The van der Waals surface area contributed by atoms with E-state index in [4.69, 9.17) is 11.6 Å². The first-order valence-corrected chi connectivity index (χ1v) is 9.76. The van der Waals surface area contributed by atoms with Gasteiger partial charge < -0.3 is 10.2 Å². The van der Waals surface area contributed by atoms with Gasteiger partial charge in [0.15, 0.2) is 0 Å².